The Bertz CT molecular complexity index is 1190. The van der Waals surface area contributed by atoms with E-state index in [4.69, 9.17) is 0 Å². The molecule has 27 heavy (non-hydrogen) atoms. The van der Waals surface area contributed by atoms with E-state index < -0.39 is 14.9 Å². The number of sulfonamides is 1. The number of hydrogen-bond acceptors (Lipinski definition) is 6. The molecule has 0 bridgehead atoms. The van der Waals surface area contributed by atoms with Crippen LogP contribution in [-0.2, 0) is 17.1 Å². The number of nitrogens with one attached hydrogen (secondary N) is 1. The van der Waals surface area contributed by atoms with E-state index in [1.807, 2.05) is 0 Å². The summed E-state index contributed by atoms with van der Waals surface area (Å²) in [4.78, 5) is 21.4. The molecule has 3 aromatic rings. The highest BCUT2D eigenvalue weighted by Gasteiger charge is 2.18. The first-order valence-electron chi connectivity index (χ1n) is 7.68. The molecular formula is C17H14N4O5S. The Morgan fingerprint density at radius 1 is 1.07 bits per heavy atom. The molecule has 0 aliphatic rings. The van der Waals surface area contributed by atoms with Gasteiger partial charge < -0.3 is 0 Å². The summed E-state index contributed by atoms with van der Waals surface area (Å²) in [5.74, 6) is 0. The highest BCUT2D eigenvalue weighted by Crippen LogP contribution is 2.24. The van der Waals surface area contributed by atoms with E-state index in [2.05, 4.69) is 9.82 Å². The van der Waals surface area contributed by atoms with Gasteiger partial charge in [0.25, 0.3) is 21.3 Å². The summed E-state index contributed by atoms with van der Waals surface area (Å²) in [5, 5.41) is 15.0. The SMILES string of the molecule is Cn1nc(-c2cccc(NS(=O)(=O)c3cccc([N+](=O)[O-])c3)c2)ccc1=O. The smallest absolute Gasteiger partial charge is 0.270 e. The van der Waals surface area contributed by atoms with Crippen molar-refractivity contribution in [2.45, 2.75) is 4.90 Å². The topological polar surface area (TPSA) is 124 Å². The fourth-order valence-electron chi connectivity index (χ4n) is 2.38. The molecular weight excluding hydrogens is 372 g/mol. The monoisotopic (exact) mass is 386 g/mol. The van der Waals surface area contributed by atoms with Gasteiger partial charge in [-0.15, -0.1) is 0 Å². The van der Waals surface area contributed by atoms with Gasteiger partial charge in [0.2, 0.25) is 0 Å². The van der Waals surface area contributed by atoms with Gasteiger partial charge in [-0.05, 0) is 24.3 Å². The maximum Gasteiger partial charge on any atom is 0.270 e. The van der Waals surface area contributed by atoms with Gasteiger partial charge in [0, 0.05) is 36.5 Å². The number of aromatic nitrogens is 2. The lowest BCUT2D eigenvalue weighted by Gasteiger charge is -2.10. The number of nitro groups is 1. The number of rotatable bonds is 5. The van der Waals surface area contributed by atoms with Crippen LogP contribution in [0.5, 0.6) is 0 Å². The molecule has 1 heterocycles. The lowest BCUT2D eigenvalue weighted by molar-refractivity contribution is -0.385. The van der Waals surface area contributed by atoms with Crippen LogP contribution in [0.25, 0.3) is 11.3 Å². The highest BCUT2D eigenvalue weighted by molar-refractivity contribution is 7.92. The largest absolute Gasteiger partial charge is 0.280 e. The molecule has 3 rings (SSSR count). The zero-order valence-electron chi connectivity index (χ0n) is 14.1. The molecule has 0 aliphatic carbocycles. The predicted molar refractivity (Wildman–Crippen MR) is 98.8 cm³/mol. The third kappa shape index (κ3) is 4.01. The van der Waals surface area contributed by atoms with Crippen LogP contribution in [-0.4, -0.2) is 23.1 Å². The fourth-order valence-corrected chi connectivity index (χ4v) is 3.47. The fraction of sp³-hybridized carbons (Fsp3) is 0.0588. The predicted octanol–water partition coefficient (Wildman–Crippen LogP) is 2.16. The number of non-ortho nitro benzene ring substituents is 1. The van der Waals surface area contributed by atoms with Crippen LogP contribution in [0.3, 0.4) is 0 Å². The number of nitro benzene ring substituents is 1. The van der Waals surface area contributed by atoms with E-state index in [0.29, 0.717) is 11.3 Å². The van der Waals surface area contributed by atoms with Crippen molar-refractivity contribution in [3.63, 3.8) is 0 Å². The van der Waals surface area contributed by atoms with Crippen molar-refractivity contribution in [2.24, 2.45) is 7.05 Å². The molecule has 0 amide bonds. The third-order valence-electron chi connectivity index (χ3n) is 3.71. The Labute approximate surface area is 154 Å². The van der Waals surface area contributed by atoms with Gasteiger partial charge in [0.05, 0.1) is 15.5 Å². The molecule has 138 valence electrons. The molecule has 0 unspecified atom stereocenters. The Morgan fingerprint density at radius 3 is 2.52 bits per heavy atom. The van der Waals surface area contributed by atoms with Crippen LogP contribution in [0.4, 0.5) is 11.4 Å². The number of hydrogen-bond donors (Lipinski definition) is 1. The summed E-state index contributed by atoms with van der Waals surface area (Å²) in [6.07, 6.45) is 0. The van der Waals surface area contributed by atoms with Gasteiger partial charge in [0.1, 0.15) is 0 Å². The number of benzene rings is 2. The Kier molecular flexibility index (Phi) is 4.74. The van der Waals surface area contributed by atoms with E-state index in [1.165, 1.54) is 42.1 Å². The van der Waals surface area contributed by atoms with Gasteiger partial charge in [-0.3, -0.25) is 19.6 Å². The quantitative estimate of drug-likeness (QED) is 0.529. The molecule has 0 aliphatic heterocycles. The van der Waals surface area contributed by atoms with E-state index in [-0.39, 0.29) is 21.8 Å². The summed E-state index contributed by atoms with van der Waals surface area (Å²) in [6.45, 7) is 0. The first-order chi connectivity index (χ1) is 12.8. The molecule has 1 N–H and O–H groups in total. The van der Waals surface area contributed by atoms with Crippen LogP contribution in [0.2, 0.25) is 0 Å². The second kappa shape index (κ2) is 7.00. The third-order valence-corrected chi connectivity index (χ3v) is 5.09. The van der Waals surface area contributed by atoms with Crippen molar-refractivity contribution in [3.8, 4) is 11.3 Å². The second-order valence-corrected chi connectivity index (χ2v) is 7.30. The summed E-state index contributed by atoms with van der Waals surface area (Å²) < 4.78 is 28.6. The molecule has 1 aromatic heterocycles. The highest BCUT2D eigenvalue weighted by atomic mass is 32.2. The molecule has 0 saturated carbocycles. The normalized spacial score (nSPS) is 11.1. The average Bonchev–Trinajstić information content (AvgIpc) is 2.64. The van der Waals surface area contributed by atoms with Crippen molar-refractivity contribution in [1.29, 1.82) is 0 Å². The second-order valence-electron chi connectivity index (χ2n) is 5.62. The summed E-state index contributed by atoms with van der Waals surface area (Å²) >= 11 is 0. The lowest BCUT2D eigenvalue weighted by atomic mass is 10.1. The van der Waals surface area contributed by atoms with Crippen LogP contribution < -0.4 is 10.3 Å². The van der Waals surface area contributed by atoms with Gasteiger partial charge in [-0.1, -0.05) is 18.2 Å². The Hall–Kier alpha value is -3.53. The zero-order valence-corrected chi connectivity index (χ0v) is 14.9. The number of anilines is 1. The van der Waals surface area contributed by atoms with Crippen molar-refractivity contribution in [3.05, 3.63) is 81.1 Å². The molecule has 10 heteroatoms. The van der Waals surface area contributed by atoms with Crippen LogP contribution >= 0.6 is 0 Å². The summed E-state index contributed by atoms with van der Waals surface area (Å²) in [5.41, 5.74) is 0.773. The molecule has 2 aromatic carbocycles. The molecule has 0 fully saturated rings. The lowest BCUT2D eigenvalue weighted by Crippen LogP contribution is -2.18. The molecule has 0 saturated heterocycles. The van der Waals surface area contributed by atoms with Crippen molar-refractivity contribution >= 4 is 21.4 Å². The van der Waals surface area contributed by atoms with Crippen molar-refractivity contribution in [1.82, 2.24) is 9.78 Å². The maximum atomic E-state index is 12.5. The van der Waals surface area contributed by atoms with E-state index in [9.17, 15) is 23.3 Å². The minimum atomic E-state index is -4.01. The minimum absolute atomic E-state index is 0.220. The minimum Gasteiger partial charge on any atom is -0.280 e. The zero-order chi connectivity index (χ0) is 19.6. The van der Waals surface area contributed by atoms with E-state index >= 15 is 0 Å². The maximum absolute atomic E-state index is 12.5. The van der Waals surface area contributed by atoms with Gasteiger partial charge in [-0.25, -0.2) is 13.1 Å². The van der Waals surface area contributed by atoms with Crippen molar-refractivity contribution in [2.75, 3.05) is 4.72 Å². The van der Waals surface area contributed by atoms with Crippen LogP contribution in [0, 0.1) is 10.1 Å². The first-order valence-corrected chi connectivity index (χ1v) is 9.17. The Balaban J connectivity index is 1.93. The van der Waals surface area contributed by atoms with Gasteiger partial charge in [-0.2, -0.15) is 5.10 Å². The number of nitrogens with zero attached hydrogens (tertiary/aromatic N) is 3. The number of aryl methyl sites for hydroxylation is 1. The Morgan fingerprint density at radius 2 is 1.81 bits per heavy atom. The summed E-state index contributed by atoms with van der Waals surface area (Å²) in [6, 6.07) is 14.1. The van der Waals surface area contributed by atoms with Crippen molar-refractivity contribution < 1.29 is 13.3 Å². The average molecular weight is 386 g/mol. The first kappa shape index (κ1) is 18.3. The van der Waals surface area contributed by atoms with Crippen LogP contribution in [0.15, 0.2) is 70.4 Å². The molecule has 0 spiro atoms. The van der Waals surface area contributed by atoms with E-state index in [0.717, 1.165) is 6.07 Å². The molecule has 0 radical (unpaired) electrons. The molecule has 0 atom stereocenters. The molecule has 9 nitrogen and oxygen atoms in total. The summed E-state index contributed by atoms with van der Waals surface area (Å²) in [7, 11) is -2.50. The van der Waals surface area contributed by atoms with E-state index in [1.54, 1.807) is 24.3 Å². The van der Waals surface area contributed by atoms with Crippen LogP contribution in [0.1, 0.15) is 0 Å². The van der Waals surface area contributed by atoms with Gasteiger partial charge >= 0.3 is 0 Å². The standard InChI is InChI=1S/C17H14N4O5S/c1-20-17(22)9-8-16(18-20)12-4-2-5-13(10-12)19-27(25,26)15-7-3-6-14(11-15)21(23)24/h2-11,19H,1H3. The van der Waals surface area contributed by atoms with Gasteiger partial charge in [0.15, 0.2) is 0 Å².